The van der Waals surface area contributed by atoms with Gasteiger partial charge in [-0.3, -0.25) is 0 Å². The van der Waals surface area contributed by atoms with Crippen LogP contribution in [0.5, 0.6) is 11.6 Å². The van der Waals surface area contributed by atoms with E-state index in [4.69, 9.17) is 21.4 Å². The van der Waals surface area contributed by atoms with E-state index in [1.807, 2.05) is 6.92 Å². The Morgan fingerprint density at radius 3 is 2.79 bits per heavy atom. The van der Waals surface area contributed by atoms with Crippen molar-refractivity contribution >= 4 is 17.6 Å². The molecule has 1 N–H and O–H groups in total. The molecule has 0 saturated carbocycles. The van der Waals surface area contributed by atoms with Crippen molar-refractivity contribution in [2.24, 2.45) is 0 Å². The van der Waals surface area contributed by atoms with E-state index in [1.54, 1.807) is 6.07 Å². The van der Waals surface area contributed by atoms with Crippen LogP contribution in [0.3, 0.4) is 0 Å². The van der Waals surface area contributed by atoms with Crippen LogP contribution >= 0.6 is 11.6 Å². The Kier molecular flexibility index (Phi) is 3.97. The van der Waals surface area contributed by atoms with E-state index in [-0.39, 0.29) is 10.6 Å². The number of aromatic nitrogens is 2. The van der Waals surface area contributed by atoms with Gasteiger partial charge < -0.3 is 9.84 Å². The minimum atomic E-state index is -1.04. The normalized spacial score (nSPS) is 10.2. The number of aromatic carboxylic acids is 1. The average molecular weight is 279 g/mol. The molecule has 0 fully saturated rings. The fraction of sp³-hybridized carbons (Fsp3) is 0.154. The van der Waals surface area contributed by atoms with Crippen LogP contribution in [0.4, 0.5) is 0 Å². The molecule has 0 saturated heterocycles. The Morgan fingerprint density at radius 2 is 2.16 bits per heavy atom. The van der Waals surface area contributed by atoms with Crippen LogP contribution in [0.15, 0.2) is 30.6 Å². The number of carbonyl (C=O) groups is 1. The van der Waals surface area contributed by atoms with Crippen molar-refractivity contribution in [3.8, 4) is 11.6 Å². The van der Waals surface area contributed by atoms with E-state index < -0.39 is 5.97 Å². The Bertz CT molecular complexity index is 617. The Balaban J connectivity index is 2.25. The summed E-state index contributed by atoms with van der Waals surface area (Å²) in [7, 11) is 0. The zero-order valence-corrected chi connectivity index (χ0v) is 10.9. The predicted molar refractivity (Wildman–Crippen MR) is 69.9 cm³/mol. The van der Waals surface area contributed by atoms with Gasteiger partial charge in [0.1, 0.15) is 12.1 Å². The first-order valence-electron chi connectivity index (χ1n) is 5.61. The molecule has 0 amide bonds. The quantitative estimate of drug-likeness (QED) is 0.930. The van der Waals surface area contributed by atoms with E-state index in [2.05, 4.69) is 9.97 Å². The lowest BCUT2D eigenvalue weighted by molar-refractivity contribution is 0.0697. The summed E-state index contributed by atoms with van der Waals surface area (Å²) in [4.78, 5) is 18.8. The number of rotatable bonds is 4. The van der Waals surface area contributed by atoms with Gasteiger partial charge in [0.2, 0.25) is 5.88 Å². The summed E-state index contributed by atoms with van der Waals surface area (Å²) in [6.07, 6.45) is 2.18. The second-order valence-corrected chi connectivity index (χ2v) is 4.16. The second-order valence-electron chi connectivity index (χ2n) is 3.75. The molecule has 2 aromatic rings. The molecule has 1 aromatic heterocycles. The van der Waals surface area contributed by atoms with Gasteiger partial charge in [0, 0.05) is 11.8 Å². The number of ether oxygens (including phenoxy) is 1. The van der Waals surface area contributed by atoms with Crippen molar-refractivity contribution in [2.45, 2.75) is 13.3 Å². The first-order chi connectivity index (χ1) is 9.10. The molecule has 0 atom stereocenters. The summed E-state index contributed by atoms with van der Waals surface area (Å²) in [5.41, 5.74) is 0.956. The molecule has 0 radical (unpaired) electrons. The lowest BCUT2D eigenvalue weighted by Crippen LogP contribution is -1.97. The maximum atomic E-state index is 10.8. The Labute approximate surface area is 114 Å². The van der Waals surface area contributed by atoms with Crippen molar-refractivity contribution in [3.05, 3.63) is 46.9 Å². The molecule has 0 unspecified atom stereocenters. The summed E-state index contributed by atoms with van der Waals surface area (Å²) < 4.78 is 5.51. The van der Waals surface area contributed by atoms with E-state index in [0.29, 0.717) is 11.6 Å². The molecular weight excluding hydrogens is 268 g/mol. The number of benzene rings is 1. The SMILES string of the molecule is CCc1cc(Oc2ccc(C(=O)O)cc2Cl)ncn1. The first-order valence-corrected chi connectivity index (χ1v) is 5.99. The molecule has 2 rings (SSSR count). The van der Waals surface area contributed by atoms with Crippen molar-refractivity contribution < 1.29 is 14.6 Å². The third kappa shape index (κ3) is 3.20. The molecule has 1 aromatic carbocycles. The molecule has 6 heteroatoms. The number of carboxylic acid groups (broad SMARTS) is 1. The maximum Gasteiger partial charge on any atom is 0.335 e. The molecule has 1 heterocycles. The minimum absolute atomic E-state index is 0.106. The van der Waals surface area contributed by atoms with E-state index in [9.17, 15) is 4.79 Å². The van der Waals surface area contributed by atoms with Crippen molar-refractivity contribution in [1.29, 1.82) is 0 Å². The lowest BCUT2D eigenvalue weighted by Gasteiger charge is -2.07. The molecule has 98 valence electrons. The molecule has 0 bridgehead atoms. The molecule has 19 heavy (non-hydrogen) atoms. The van der Waals surface area contributed by atoms with Crippen molar-refractivity contribution in [1.82, 2.24) is 9.97 Å². The predicted octanol–water partition coefficient (Wildman–Crippen LogP) is 3.18. The number of nitrogens with zero attached hydrogens (tertiary/aromatic N) is 2. The van der Waals surface area contributed by atoms with Gasteiger partial charge in [-0.1, -0.05) is 18.5 Å². The number of carboxylic acids is 1. The fourth-order valence-corrected chi connectivity index (χ4v) is 1.67. The average Bonchev–Trinajstić information content (AvgIpc) is 2.41. The van der Waals surface area contributed by atoms with Crippen LogP contribution in [-0.4, -0.2) is 21.0 Å². The highest BCUT2D eigenvalue weighted by Gasteiger charge is 2.09. The summed E-state index contributed by atoms with van der Waals surface area (Å²) >= 11 is 5.97. The molecule has 0 spiro atoms. The highest BCUT2D eigenvalue weighted by atomic mass is 35.5. The van der Waals surface area contributed by atoms with Crippen LogP contribution in [0.2, 0.25) is 5.02 Å². The molecule has 5 nitrogen and oxygen atoms in total. The number of hydrogen-bond acceptors (Lipinski definition) is 4. The minimum Gasteiger partial charge on any atom is -0.478 e. The van der Waals surface area contributed by atoms with Gasteiger partial charge in [0.05, 0.1) is 10.6 Å². The summed E-state index contributed by atoms with van der Waals surface area (Å²) in [5, 5.41) is 9.06. The summed E-state index contributed by atoms with van der Waals surface area (Å²) in [6.45, 7) is 1.97. The van der Waals surface area contributed by atoms with Gasteiger partial charge in [-0.25, -0.2) is 14.8 Å². The lowest BCUT2D eigenvalue weighted by atomic mass is 10.2. The van der Waals surface area contributed by atoms with E-state index in [0.717, 1.165) is 12.1 Å². The zero-order chi connectivity index (χ0) is 13.8. The summed E-state index contributed by atoms with van der Waals surface area (Å²) in [6, 6.07) is 5.97. The van der Waals surface area contributed by atoms with Crippen LogP contribution < -0.4 is 4.74 Å². The van der Waals surface area contributed by atoms with Gasteiger partial charge in [-0.2, -0.15) is 0 Å². The van der Waals surface area contributed by atoms with Crippen LogP contribution in [0.1, 0.15) is 23.0 Å². The Morgan fingerprint density at radius 1 is 1.37 bits per heavy atom. The third-order valence-corrected chi connectivity index (χ3v) is 2.75. The number of hydrogen-bond donors (Lipinski definition) is 1. The first kappa shape index (κ1) is 13.3. The largest absolute Gasteiger partial charge is 0.478 e. The summed E-state index contributed by atoms with van der Waals surface area (Å²) in [5.74, 6) is -0.312. The molecule has 0 aliphatic carbocycles. The standard InChI is InChI=1S/C13H11ClN2O3/c1-2-9-6-12(16-7-15-9)19-11-4-3-8(13(17)18)5-10(11)14/h3-7H,2H2,1H3,(H,17,18). The fourth-order valence-electron chi connectivity index (χ4n) is 1.46. The van der Waals surface area contributed by atoms with Gasteiger partial charge in [-0.05, 0) is 24.6 Å². The highest BCUT2D eigenvalue weighted by Crippen LogP contribution is 2.29. The van der Waals surface area contributed by atoms with Crippen LogP contribution in [-0.2, 0) is 6.42 Å². The molecule has 0 aliphatic heterocycles. The van der Waals surface area contributed by atoms with Crippen molar-refractivity contribution in [2.75, 3.05) is 0 Å². The second kappa shape index (κ2) is 5.67. The Hall–Kier alpha value is -2.14. The van der Waals surface area contributed by atoms with Crippen molar-refractivity contribution in [3.63, 3.8) is 0 Å². The monoisotopic (exact) mass is 278 g/mol. The van der Waals surface area contributed by atoms with Gasteiger partial charge in [0.25, 0.3) is 0 Å². The van der Waals surface area contributed by atoms with E-state index in [1.165, 1.54) is 24.5 Å². The highest BCUT2D eigenvalue weighted by molar-refractivity contribution is 6.32. The van der Waals surface area contributed by atoms with E-state index >= 15 is 0 Å². The van der Waals surface area contributed by atoms with Gasteiger partial charge in [0.15, 0.2) is 0 Å². The number of aryl methyl sites for hydroxylation is 1. The van der Waals surface area contributed by atoms with Gasteiger partial charge in [-0.15, -0.1) is 0 Å². The van der Waals surface area contributed by atoms with Crippen LogP contribution in [0.25, 0.3) is 0 Å². The molecule has 0 aliphatic rings. The molecular formula is C13H11ClN2O3. The topological polar surface area (TPSA) is 72.3 Å². The van der Waals surface area contributed by atoms with Crippen LogP contribution in [0, 0.1) is 0 Å². The van der Waals surface area contributed by atoms with Gasteiger partial charge >= 0.3 is 5.97 Å². The number of halogens is 1. The zero-order valence-electron chi connectivity index (χ0n) is 10.1. The maximum absolute atomic E-state index is 10.8. The third-order valence-electron chi connectivity index (χ3n) is 2.45. The smallest absolute Gasteiger partial charge is 0.335 e.